The van der Waals surface area contributed by atoms with Crippen LogP contribution >= 0.6 is 27.7 Å². The van der Waals surface area contributed by atoms with Gasteiger partial charge in [-0.05, 0) is 76.1 Å². The SMILES string of the molecule is CCN1C(=O)/C(=C/c2cc(Br)c(OC)c(OC)c2)SC1=Nc1cccc(C(=O)[O-])c1. The van der Waals surface area contributed by atoms with Crippen molar-refractivity contribution >= 4 is 56.5 Å². The number of aromatic carboxylic acids is 1. The zero-order valence-electron chi connectivity index (χ0n) is 16.5. The van der Waals surface area contributed by atoms with Crippen LogP contribution in [0.3, 0.4) is 0 Å². The van der Waals surface area contributed by atoms with E-state index < -0.39 is 5.97 Å². The normalized spacial score (nSPS) is 16.4. The molecule has 0 spiro atoms. The molecule has 0 unspecified atom stereocenters. The topological polar surface area (TPSA) is 91.3 Å². The van der Waals surface area contributed by atoms with Crippen LogP contribution in [-0.4, -0.2) is 42.7 Å². The molecular weight excluding hydrogens is 472 g/mol. The number of carbonyl (C=O) groups is 2. The number of aliphatic imine (C=N–C) groups is 1. The third kappa shape index (κ3) is 4.52. The molecule has 3 rings (SSSR count). The first-order valence-electron chi connectivity index (χ1n) is 8.91. The smallest absolute Gasteiger partial charge is 0.266 e. The van der Waals surface area contributed by atoms with Crippen molar-refractivity contribution < 1.29 is 24.2 Å². The average molecular weight is 490 g/mol. The number of carbonyl (C=O) groups excluding carboxylic acids is 2. The van der Waals surface area contributed by atoms with E-state index in [0.717, 1.165) is 5.56 Å². The van der Waals surface area contributed by atoms with Crippen molar-refractivity contribution in [2.24, 2.45) is 4.99 Å². The van der Waals surface area contributed by atoms with E-state index in [1.807, 2.05) is 13.0 Å². The van der Waals surface area contributed by atoms with Crippen LogP contribution in [0.5, 0.6) is 11.5 Å². The summed E-state index contributed by atoms with van der Waals surface area (Å²) in [4.78, 5) is 30.4. The molecule has 0 bridgehead atoms. The van der Waals surface area contributed by atoms with Crippen LogP contribution in [0.15, 0.2) is 50.8 Å². The number of likely N-dealkylation sites (N-methyl/N-ethyl adjacent to an activating group) is 1. The van der Waals surface area contributed by atoms with Gasteiger partial charge >= 0.3 is 0 Å². The summed E-state index contributed by atoms with van der Waals surface area (Å²) in [5.74, 6) is -0.354. The third-order valence-electron chi connectivity index (χ3n) is 4.26. The van der Waals surface area contributed by atoms with Gasteiger partial charge in [-0.25, -0.2) is 4.99 Å². The number of rotatable bonds is 6. The Morgan fingerprint density at radius 3 is 2.67 bits per heavy atom. The summed E-state index contributed by atoms with van der Waals surface area (Å²) < 4.78 is 11.4. The molecule has 0 aliphatic carbocycles. The van der Waals surface area contributed by atoms with Gasteiger partial charge in [0, 0.05) is 6.54 Å². The number of carboxylic acids is 1. The van der Waals surface area contributed by atoms with Crippen molar-refractivity contribution in [3.63, 3.8) is 0 Å². The standard InChI is InChI=1S/C21H19BrN2O5S/c1-4-24-19(25)17(10-12-8-15(22)18(29-3)16(9-12)28-2)30-21(24)23-14-7-5-6-13(11-14)20(26)27/h5-11H,4H2,1-3H3,(H,26,27)/p-1/b17-10-,23-21?. The zero-order chi connectivity index (χ0) is 21.8. The molecule has 0 saturated carbocycles. The van der Waals surface area contributed by atoms with E-state index in [1.54, 1.807) is 38.5 Å². The van der Waals surface area contributed by atoms with Crippen LogP contribution in [0.2, 0.25) is 0 Å². The number of benzene rings is 2. The van der Waals surface area contributed by atoms with Gasteiger partial charge in [0.15, 0.2) is 16.7 Å². The van der Waals surface area contributed by atoms with Crippen LogP contribution in [-0.2, 0) is 4.79 Å². The van der Waals surface area contributed by atoms with E-state index in [-0.39, 0.29) is 11.5 Å². The monoisotopic (exact) mass is 489 g/mol. The van der Waals surface area contributed by atoms with E-state index in [4.69, 9.17) is 9.47 Å². The molecule has 1 aliphatic rings. The van der Waals surface area contributed by atoms with Crippen LogP contribution in [0.25, 0.3) is 6.08 Å². The Bertz CT molecular complexity index is 1070. The Morgan fingerprint density at radius 1 is 1.27 bits per heavy atom. The lowest BCUT2D eigenvalue weighted by molar-refractivity contribution is -0.255. The molecule has 2 aromatic rings. The molecule has 1 saturated heterocycles. The minimum absolute atomic E-state index is 0.0279. The number of hydrogen-bond donors (Lipinski definition) is 0. The second-order valence-corrected chi connectivity index (χ2v) is 7.99. The molecule has 1 amide bonds. The maximum atomic E-state index is 12.9. The molecule has 0 N–H and O–H groups in total. The number of methoxy groups -OCH3 is 2. The molecule has 1 heterocycles. The first-order chi connectivity index (χ1) is 14.4. The lowest BCUT2D eigenvalue weighted by Crippen LogP contribution is -2.28. The highest BCUT2D eigenvalue weighted by Crippen LogP contribution is 2.39. The fourth-order valence-corrected chi connectivity index (χ4v) is 4.54. The highest BCUT2D eigenvalue weighted by molar-refractivity contribution is 9.10. The predicted octanol–water partition coefficient (Wildman–Crippen LogP) is 3.45. The van der Waals surface area contributed by atoms with E-state index in [9.17, 15) is 14.7 Å². The average Bonchev–Trinajstić information content (AvgIpc) is 3.01. The lowest BCUT2D eigenvalue weighted by atomic mass is 10.2. The number of halogens is 1. The first-order valence-corrected chi connectivity index (χ1v) is 10.5. The Balaban J connectivity index is 1.97. The molecular formula is C21H18BrN2O5S-. The van der Waals surface area contributed by atoms with E-state index >= 15 is 0 Å². The van der Waals surface area contributed by atoms with E-state index in [0.29, 0.717) is 38.3 Å². The minimum atomic E-state index is -1.28. The quantitative estimate of drug-likeness (QED) is 0.577. The molecule has 0 atom stereocenters. The summed E-state index contributed by atoms with van der Waals surface area (Å²) in [6, 6.07) is 9.71. The highest BCUT2D eigenvalue weighted by atomic mass is 79.9. The summed E-state index contributed by atoms with van der Waals surface area (Å²) >= 11 is 4.67. The predicted molar refractivity (Wildman–Crippen MR) is 118 cm³/mol. The number of carboxylic acid groups (broad SMARTS) is 1. The van der Waals surface area contributed by atoms with Gasteiger partial charge in [0.05, 0.1) is 35.3 Å². The Hall–Kier alpha value is -2.78. The van der Waals surface area contributed by atoms with Gasteiger partial charge in [-0.15, -0.1) is 0 Å². The summed E-state index contributed by atoms with van der Waals surface area (Å²) in [5, 5.41) is 11.6. The van der Waals surface area contributed by atoms with Gasteiger partial charge in [0.25, 0.3) is 5.91 Å². The highest BCUT2D eigenvalue weighted by Gasteiger charge is 2.32. The number of ether oxygens (including phenoxy) is 2. The van der Waals surface area contributed by atoms with Gasteiger partial charge in [0.1, 0.15) is 0 Å². The summed E-state index contributed by atoms with van der Waals surface area (Å²) in [7, 11) is 3.09. The summed E-state index contributed by atoms with van der Waals surface area (Å²) in [5.41, 5.74) is 1.22. The van der Waals surface area contributed by atoms with Crippen molar-refractivity contribution in [1.29, 1.82) is 0 Å². The largest absolute Gasteiger partial charge is 0.545 e. The Labute approximate surface area is 186 Å². The van der Waals surface area contributed by atoms with Crippen LogP contribution in [0, 0.1) is 0 Å². The number of hydrogen-bond acceptors (Lipinski definition) is 7. The number of thioether (sulfide) groups is 1. The summed E-state index contributed by atoms with van der Waals surface area (Å²) in [6.07, 6.45) is 1.75. The van der Waals surface area contributed by atoms with Gasteiger partial charge in [0.2, 0.25) is 0 Å². The van der Waals surface area contributed by atoms with Crippen molar-refractivity contribution in [1.82, 2.24) is 4.90 Å². The molecule has 0 radical (unpaired) electrons. The number of amidine groups is 1. The fourth-order valence-electron chi connectivity index (χ4n) is 2.86. The number of nitrogens with zero attached hydrogens (tertiary/aromatic N) is 2. The molecule has 9 heteroatoms. The second kappa shape index (κ2) is 9.36. The van der Waals surface area contributed by atoms with Crippen molar-refractivity contribution in [2.75, 3.05) is 20.8 Å². The third-order valence-corrected chi connectivity index (χ3v) is 5.86. The molecule has 1 fully saturated rings. The van der Waals surface area contributed by atoms with Gasteiger partial charge in [-0.2, -0.15) is 0 Å². The second-order valence-electron chi connectivity index (χ2n) is 6.13. The number of amides is 1. The van der Waals surface area contributed by atoms with Crippen molar-refractivity contribution in [2.45, 2.75) is 6.92 Å². The summed E-state index contributed by atoms with van der Waals surface area (Å²) in [6.45, 7) is 2.28. The van der Waals surface area contributed by atoms with Crippen LogP contribution in [0.1, 0.15) is 22.8 Å². The maximum absolute atomic E-state index is 12.9. The van der Waals surface area contributed by atoms with Crippen LogP contribution in [0.4, 0.5) is 5.69 Å². The van der Waals surface area contributed by atoms with Crippen molar-refractivity contribution in [3.8, 4) is 11.5 Å². The lowest BCUT2D eigenvalue weighted by Gasteiger charge is -2.12. The van der Waals surface area contributed by atoms with Gasteiger partial charge in [-0.3, -0.25) is 9.69 Å². The molecule has 0 aromatic heterocycles. The van der Waals surface area contributed by atoms with Crippen LogP contribution < -0.4 is 14.6 Å². The molecule has 7 nitrogen and oxygen atoms in total. The van der Waals surface area contributed by atoms with Gasteiger partial charge < -0.3 is 19.4 Å². The maximum Gasteiger partial charge on any atom is 0.266 e. The molecule has 156 valence electrons. The minimum Gasteiger partial charge on any atom is -0.545 e. The van der Waals surface area contributed by atoms with E-state index in [2.05, 4.69) is 20.9 Å². The zero-order valence-corrected chi connectivity index (χ0v) is 18.9. The fraction of sp³-hybridized carbons (Fsp3) is 0.190. The molecule has 1 aliphatic heterocycles. The van der Waals surface area contributed by atoms with E-state index in [1.165, 1.54) is 28.8 Å². The Morgan fingerprint density at radius 2 is 2.03 bits per heavy atom. The molecule has 2 aromatic carbocycles. The van der Waals surface area contributed by atoms with Gasteiger partial charge in [-0.1, -0.05) is 12.1 Å². The van der Waals surface area contributed by atoms with Crippen molar-refractivity contribution in [3.05, 3.63) is 56.9 Å². The first kappa shape index (κ1) is 21.9. The Kier molecular flexibility index (Phi) is 6.84. The molecule has 30 heavy (non-hydrogen) atoms.